The lowest BCUT2D eigenvalue weighted by Crippen LogP contribution is -1.93. The molecule has 0 aliphatic rings. The molecule has 1 heterocycles. The van der Waals surface area contributed by atoms with Crippen LogP contribution in [0.4, 0.5) is 0 Å². The predicted molar refractivity (Wildman–Crippen MR) is 51.1 cm³/mol. The molecule has 4 heteroatoms. The van der Waals surface area contributed by atoms with Gasteiger partial charge in [0.1, 0.15) is 5.82 Å². The summed E-state index contributed by atoms with van der Waals surface area (Å²) in [5, 5.41) is 0.579. The van der Waals surface area contributed by atoms with Gasteiger partial charge in [-0.3, -0.25) is 0 Å². The third-order valence-electron chi connectivity index (χ3n) is 1.04. The minimum Gasteiger partial charge on any atom is -0.330 e. The summed E-state index contributed by atoms with van der Waals surface area (Å²) < 4.78 is 0. The molecular weight excluding hydrogens is 174 g/mol. The summed E-state index contributed by atoms with van der Waals surface area (Å²) in [6.07, 6.45) is 4.24. The fourth-order valence-electron chi connectivity index (χ4n) is 0.377. The maximum atomic E-state index is 5.49. The number of rotatable bonds is 1. The summed E-state index contributed by atoms with van der Waals surface area (Å²) in [5.74, 6) is 0.745. The molecule has 0 aliphatic carbocycles. The molecule has 0 spiro atoms. The zero-order valence-electron chi connectivity index (χ0n) is 7.42. The molecule has 12 heavy (non-hydrogen) atoms. The lowest BCUT2D eigenvalue weighted by molar-refractivity contribution is 0.932. The highest BCUT2D eigenvalue weighted by Crippen LogP contribution is 2.00. The Bertz CT molecular complexity index is 175. The van der Waals surface area contributed by atoms with Gasteiger partial charge in [-0.15, -0.1) is 0 Å². The summed E-state index contributed by atoms with van der Waals surface area (Å²) in [7, 11) is 0. The van der Waals surface area contributed by atoms with Crippen LogP contribution < -0.4 is 5.73 Å². The topological polar surface area (TPSA) is 51.8 Å². The molecule has 1 rings (SSSR count). The Hall–Kier alpha value is -0.670. The molecule has 3 nitrogen and oxygen atoms in total. The van der Waals surface area contributed by atoms with Gasteiger partial charge in [-0.1, -0.05) is 18.5 Å². The summed E-state index contributed by atoms with van der Waals surface area (Å²) in [6.45, 7) is 4.69. The van der Waals surface area contributed by atoms with Crippen LogP contribution in [0.5, 0.6) is 0 Å². The number of aromatic nitrogens is 2. The highest BCUT2D eigenvalue weighted by atomic mass is 35.5. The Morgan fingerprint density at radius 2 is 1.83 bits per heavy atom. The van der Waals surface area contributed by atoms with Crippen LogP contribution in [0.2, 0.25) is 5.02 Å². The maximum Gasteiger partial charge on any atom is 0.125 e. The Morgan fingerprint density at radius 3 is 2.08 bits per heavy atom. The molecule has 0 fully saturated rings. The van der Waals surface area contributed by atoms with Crippen molar-refractivity contribution in [3.63, 3.8) is 0 Å². The van der Waals surface area contributed by atoms with Crippen molar-refractivity contribution in [1.29, 1.82) is 0 Å². The van der Waals surface area contributed by atoms with Gasteiger partial charge in [-0.2, -0.15) is 0 Å². The van der Waals surface area contributed by atoms with E-state index in [0.29, 0.717) is 5.02 Å². The van der Waals surface area contributed by atoms with Crippen LogP contribution in [0.25, 0.3) is 0 Å². The largest absolute Gasteiger partial charge is 0.330 e. The Kier molecular flexibility index (Phi) is 6.61. The molecule has 0 aromatic carbocycles. The van der Waals surface area contributed by atoms with Gasteiger partial charge in [0.15, 0.2) is 0 Å². The van der Waals surface area contributed by atoms with E-state index in [9.17, 15) is 0 Å². The molecule has 0 saturated heterocycles. The van der Waals surface area contributed by atoms with Crippen molar-refractivity contribution in [1.82, 2.24) is 9.97 Å². The fraction of sp³-hybridized carbons (Fsp3) is 0.500. The molecule has 0 amide bonds. The summed E-state index contributed by atoms with van der Waals surface area (Å²) in [4.78, 5) is 7.67. The molecule has 2 N–H and O–H groups in total. The third-order valence-corrected chi connectivity index (χ3v) is 1.23. The quantitative estimate of drug-likeness (QED) is 0.730. The van der Waals surface area contributed by atoms with Crippen LogP contribution in [0.3, 0.4) is 0 Å². The maximum absolute atomic E-state index is 5.49. The molecule has 1 aromatic heterocycles. The van der Waals surface area contributed by atoms with Gasteiger partial charge in [0, 0.05) is 12.4 Å². The molecule has 0 radical (unpaired) electrons. The second kappa shape index (κ2) is 7.00. The number of halogens is 1. The average Bonchev–Trinajstić information content (AvgIpc) is 2.11. The zero-order chi connectivity index (χ0) is 9.40. The number of hydrogen-bond donors (Lipinski definition) is 1. The van der Waals surface area contributed by atoms with Crippen molar-refractivity contribution in [3.8, 4) is 0 Å². The Labute approximate surface area is 78.0 Å². The third kappa shape index (κ3) is 6.07. The Balaban J connectivity index is 0.000000261. The van der Waals surface area contributed by atoms with Crippen molar-refractivity contribution in [3.05, 3.63) is 23.2 Å². The van der Waals surface area contributed by atoms with Crippen LogP contribution in [-0.2, 0) is 0 Å². The van der Waals surface area contributed by atoms with E-state index in [1.54, 1.807) is 12.4 Å². The molecule has 0 aliphatic heterocycles. The van der Waals surface area contributed by atoms with E-state index in [1.807, 2.05) is 6.92 Å². The SMILES string of the molecule is CCCN.Cc1ncc(Cl)cn1. The molecule has 68 valence electrons. The Morgan fingerprint density at radius 1 is 1.42 bits per heavy atom. The normalized spacial score (nSPS) is 8.67. The average molecular weight is 188 g/mol. The van der Waals surface area contributed by atoms with Gasteiger partial charge in [0.2, 0.25) is 0 Å². The van der Waals surface area contributed by atoms with E-state index in [-0.39, 0.29) is 0 Å². The van der Waals surface area contributed by atoms with E-state index >= 15 is 0 Å². The first-order valence-electron chi connectivity index (χ1n) is 3.85. The molecular formula is C8H14ClN3. The first kappa shape index (κ1) is 11.3. The van der Waals surface area contributed by atoms with Crippen molar-refractivity contribution in [2.24, 2.45) is 5.73 Å². The van der Waals surface area contributed by atoms with Gasteiger partial charge in [0.05, 0.1) is 5.02 Å². The first-order chi connectivity index (χ1) is 5.70. The van der Waals surface area contributed by atoms with Crippen LogP contribution in [0, 0.1) is 6.92 Å². The zero-order valence-corrected chi connectivity index (χ0v) is 8.17. The lowest BCUT2D eigenvalue weighted by Gasteiger charge is -1.86. The first-order valence-corrected chi connectivity index (χ1v) is 4.22. The van der Waals surface area contributed by atoms with Crippen LogP contribution in [0.1, 0.15) is 19.2 Å². The number of hydrogen-bond acceptors (Lipinski definition) is 3. The van der Waals surface area contributed by atoms with Crippen molar-refractivity contribution < 1.29 is 0 Å². The molecule has 0 bridgehead atoms. The highest BCUT2D eigenvalue weighted by molar-refractivity contribution is 6.30. The molecule has 0 unspecified atom stereocenters. The molecule has 1 aromatic rings. The predicted octanol–water partition coefficient (Wildman–Crippen LogP) is 1.79. The van der Waals surface area contributed by atoms with Crippen molar-refractivity contribution >= 4 is 11.6 Å². The standard InChI is InChI=1S/C5H5ClN2.C3H9N/c1-4-7-2-5(6)3-8-4;1-2-3-4/h2-3H,1H3;2-4H2,1H3. The van der Waals surface area contributed by atoms with Crippen molar-refractivity contribution in [2.75, 3.05) is 6.54 Å². The smallest absolute Gasteiger partial charge is 0.125 e. The monoisotopic (exact) mass is 187 g/mol. The second-order valence-electron chi connectivity index (χ2n) is 2.24. The minimum atomic E-state index is 0.579. The van der Waals surface area contributed by atoms with E-state index in [1.165, 1.54) is 0 Å². The number of nitrogens with two attached hydrogens (primary N) is 1. The highest BCUT2D eigenvalue weighted by Gasteiger charge is 1.84. The van der Waals surface area contributed by atoms with E-state index < -0.39 is 0 Å². The van der Waals surface area contributed by atoms with Crippen LogP contribution >= 0.6 is 11.6 Å². The number of aryl methyl sites for hydroxylation is 1. The van der Waals surface area contributed by atoms with Gasteiger partial charge >= 0.3 is 0 Å². The summed E-state index contributed by atoms with van der Waals surface area (Å²) in [6, 6.07) is 0. The molecule has 0 saturated carbocycles. The second-order valence-corrected chi connectivity index (χ2v) is 2.67. The van der Waals surface area contributed by atoms with E-state index in [0.717, 1.165) is 18.8 Å². The minimum absolute atomic E-state index is 0.579. The molecule has 0 atom stereocenters. The van der Waals surface area contributed by atoms with Crippen LogP contribution in [0.15, 0.2) is 12.4 Å². The van der Waals surface area contributed by atoms with Crippen molar-refractivity contribution in [2.45, 2.75) is 20.3 Å². The summed E-state index contributed by atoms with van der Waals surface area (Å²) in [5.41, 5.74) is 5.03. The van der Waals surface area contributed by atoms with E-state index in [4.69, 9.17) is 17.3 Å². The fourth-order valence-corrected chi connectivity index (χ4v) is 0.474. The lowest BCUT2D eigenvalue weighted by atomic mass is 10.5. The van der Waals surface area contributed by atoms with Gasteiger partial charge < -0.3 is 5.73 Å². The van der Waals surface area contributed by atoms with Crippen LogP contribution in [-0.4, -0.2) is 16.5 Å². The van der Waals surface area contributed by atoms with Gasteiger partial charge in [0.25, 0.3) is 0 Å². The number of nitrogens with zero attached hydrogens (tertiary/aromatic N) is 2. The van der Waals surface area contributed by atoms with Gasteiger partial charge in [-0.25, -0.2) is 9.97 Å². The van der Waals surface area contributed by atoms with E-state index in [2.05, 4.69) is 16.9 Å². The van der Waals surface area contributed by atoms with Gasteiger partial charge in [-0.05, 0) is 19.9 Å². The summed E-state index contributed by atoms with van der Waals surface area (Å²) >= 11 is 5.49.